The summed E-state index contributed by atoms with van der Waals surface area (Å²) in [7, 11) is -0.425. The second kappa shape index (κ2) is 13.8. The van der Waals surface area contributed by atoms with Gasteiger partial charge in [0.2, 0.25) is 0 Å². The molecule has 0 rings (SSSR count). The van der Waals surface area contributed by atoms with E-state index >= 15 is 0 Å². The first-order chi connectivity index (χ1) is 9.24. The fraction of sp³-hybridized carbons (Fsp3) is 0.786. The quantitative estimate of drug-likeness (QED) is 0.182. The van der Waals surface area contributed by atoms with Gasteiger partial charge >= 0.3 is 5.97 Å². The minimum absolute atomic E-state index is 0.0196. The third-order valence-electron chi connectivity index (χ3n) is 2.40. The van der Waals surface area contributed by atoms with Crippen molar-refractivity contribution in [1.82, 2.24) is 0 Å². The van der Waals surface area contributed by atoms with Gasteiger partial charge in [0.15, 0.2) is 0 Å². The number of allylic oxidation sites excluding steroid dienone is 1. The fourth-order valence-corrected chi connectivity index (χ4v) is 2.98. The highest BCUT2D eigenvalue weighted by atomic mass is 28.2. The molecule has 0 aromatic carbocycles. The molecule has 5 heteroatoms. The highest BCUT2D eigenvalue weighted by Crippen LogP contribution is 2.01. The summed E-state index contributed by atoms with van der Waals surface area (Å²) in [6.45, 7) is 8.01. The van der Waals surface area contributed by atoms with Crippen LogP contribution in [0.4, 0.5) is 0 Å². The first kappa shape index (κ1) is 18.3. The molecule has 0 aromatic rings. The van der Waals surface area contributed by atoms with Crippen molar-refractivity contribution in [2.24, 2.45) is 0 Å². The number of hydrogen-bond acceptors (Lipinski definition) is 4. The molecule has 0 N–H and O–H groups in total. The number of rotatable bonds is 12. The third-order valence-corrected chi connectivity index (χ3v) is 4.25. The van der Waals surface area contributed by atoms with Crippen LogP contribution in [0.5, 0.6) is 0 Å². The maximum atomic E-state index is 11.1. The molecule has 0 spiro atoms. The maximum Gasteiger partial charge on any atom is 0.330 e. The summed E-state index contributed by atoms with van der Waals surface area (Å²) in [5.41, 5.74) is 0. The summed E-state index contributed by atoms with van der Waals surface area (Å²) in [5.74, 6) is -0.240. The summed E-state index contributed by atoms with van der Waals surface area (Å²) in [4.78, 5) is 11.1. The van der Waals surface area contributed by atoms with Crippen LogP contribution < -0.4 is 0 Å². The zero-order valence-corrected chi connectivity index (χ0v) is 13.9. The van der Waals surface area contributed by atoms with Gasteiger partial charge in [-0.3, -0.25) is 0 Å². The molecular formula is C14H28O4Si. The largest absolute Gasteiger partial charge is 0.463 e. The number of esters is 1. The van der Waals surface area contributed by atoms with Crippen LogP contribution in [0, 0.1) is 0 Å². The number of hydrogen-bond donors (Lipinski definition) is 0. The molecule has 112 valence electrons. The first-order valence-corrected chi connectivity index (χ1v) is 9.08. The summed E-state index contributed by atoms with van der Waals surface area (Å²) in [6, 6.07) is 1.07. The highest BCUT2D eigenvalue weighted by Gasteiger charge is 2.09. The molecule has 0 bridgehead atoms. The van der Waals surface area contributed by atoms with Gasteiger partial charge in [-0.05, 0) is 26.2 Å². The smallest absolute Gasteiger partial charge is 0.330 e. The molecule has 0 saturated carbocycles. The minimum Gasteiger partial charge on any atom is -0.463 e. The van der Waals surface area contributed by atoms with Crippen molar-refractivity contribution >= 4 is 15.5 Å². The molecule has 0 heterocycles. The van der Waals surface area contributed by atoms with E-state index in [9.17, 15) is 4.79 Å². The van der Waals surface area contributed by atoms with Gasteiger partial charge in [-0.15, -0.1) is 0 Å². The van der Waals surface area contributed by atoms with Crippen LogP contribution in [0.3, 0.4) is 0 Å². The van der Waals surface area contributed by atoms with Gasteiger partial charge in [0.25, 0.3) is 0 Å². The van der Waals surface area contributed by atoms with Gasteiger partial charge in [0.05, 0.1) is 16.1 Å². The molecular weight excluding hydrogens is 260 g/mol. The Morgan fingerprint density at radius 3 is 2.32 bits per heavy atom. The van der Waals surface area contributed by atoms with Crippen LogP contribution in [0.2, 0.25) is 6.04 Å². The fourth-order valence-electron chi connectivity index (χ4n) is 1.48. The third kappa shape index (κ3) is 12.1. The van der Waals surface area contributed by atoms with Gasteiger partial charge < -0.3 is 14.2 Å². The normalized spacial score (nSPS) is 12.0. The number of carbonyl (C=O) groups is 1. The average molecular weight is 288 g/mol. The standard InChI is InChI=1S/C14H28O4Si/c1-4-8-13(15)16-11-7-12-19-14(17-9-5-2)18-10-6-3/h4,8,14H,5-7,9-12,19H2,1-3H3. The Morgan fingerprint density at radius 2 is 1.79 bits per heavy atom. The molecule has 0 unspecified atom stereocenters. The Bertz CT molecular complexity index is 236. The monoisotopic (exact) mass is 288 g/mol. The lowest BCUT2D eigenvalue weighted by Gasteiger charge is -2.17. The van der Waals surface area contributed by atoms with Crippen LogP contribution in [-0.4, -0.2) is 41.2 Å². The molecule has 0 aliphatic carbocycles. The van der Waals surface area contributed by atoms with Gasteiger partial charge in [0.1, 0.15) is 5.91 Å². The molecule has 0 radical (unpaired) electrons. The van der Waals surface area contributed by atoms with E-state index < -0.39 is 9.52 Å². The second-order valence-corrected chi connectivity index (χ2v) is 6.29. The predicted molar refractivity (Wildman–Crippen MR) is 80.0 cm³/mol. The molecule has 0 saturated heterocycles. The average Bonchev–Trinajstić information content (AvgIpc) is 2.41. The highest BCUT2D eigenvalue weighted by molar-refractivity contribution is 6.36. The number of carbonyl (C=O) groups excluding carboxylic acids is 1. The predicted octanol–water partition coefficient (Wildman–Crippen LogP) is 2.22. The molecule has 0 aromatic heterocycles. The molecule has 19 heavy (non-hydrogen) atoms. The van der Waals surface area contributed by atoms with Crippen molar-refractivity contribution in [3.8, 4) is 0 Å². The summed E-state index contributed by atoms with van der Waals surface area (Å²) in [5, 5.41) is 0. The van der Waals surface area contributed by atoms with Crippen molar-refractivity contribution in [3.63, 3.8) is 0 Å². The van der Waals surface area contributed by atoms with E-state index in [1.54, 1.807) is 13.0 Å². The molecule has 0 aliphatic heterocycles. The summed E-state index contributed by atoms with van der Waals surface area (Å²) in [6.07, 6.45) is 6.05. The Hall–Kier alpha value is -0.653. The van der Waals surface area contributed by atoms with Gasteiger partial charge in [-0.2, -0.15) is 0 Å². The van der Waals surface area contributed by atoms with Crippen LogP contribution in [0.25, 0.3) is 0 Å². The van der Waals surface area contributed by atoms with E-state index in [1.165, 1.54) is 6.08 Å². The van der Waals surface area contributed by atoms with Crippen LogP contribution in [0.15, 0.2) is 12.2 Å². The maximum absolute atomic E-state index is 11.1. The van der Waals surface area contributed by atoms with Gasteiger partial charge in [0, 0.05) is 19.3 Å². The Morgan fingerprint density at radius 1 is 1.16 bits per heavy atom. The van der Waals surface area contributed by atoms with Crippen LogP contribution >= 0.6 is 0 Å². The molecule has 0 amide bonds. The minimum atomic E-state index is -0.425. The number of ether oxygens (including phenoxy) is 3. The Labute approximate surface area is 119 Å². The van der Waals surface area contributed by atoms with E-state index in [2.05, 4.69) is 13.8 Å². The summed E-state index contributed by atoms with van der Waals surface area (Å²) >= 11 is 0. The van der Waals surface area contributed by atoms with E-state index in [-0.39, 0.29) is 11.9 Å². The molecule has 0 fully saturated rings. The first-order valence-electron chi connectivity index (χ1n) is 7.27. The van der Waals surface area contributed by atoms with E-state index in [1.807, 2.05) is 0 Å². The zero-order chi connectivity index (χ0) is 14.3. The molecule has 4 nitrogen and oxygen atoms in total. The van der Waals surface area contributed by atoms with Crippen molar-refractivity contribution in [2.75, 3.05) is 19.8 Å². The van der Waals surface area contributed by atoms with Crippen molar-refractivity contribution < 1.29 is 19.0 Å². The van der Waals surface area contributed by atoms with E-state index in [0.717, 1.165) is 38.5 Å². The SMILES string of the molecule is CC=CC(=O)OCCC[SiH2]C(OCCC)OCCC. The van der Waals surface area contributed by atoms with Gasteiger partial charge in [-0.1, -0.05) is 26.0 Å². The van der Waals surface area contributed by atoms with E-state index in [0.29, 0.717) is 6.61 Å². The summed E-state index contributed by atoms with van der Waals surface area (Å²) < 4.78 is 16.4. The lowest BCUT2D eigenvalue weighted by Crippen LogP contribution is -2.25. The van der Waals surface area contributed by atoms with Gasteiger partial charge in [-0.25, -0.2) is 4.79 Å². The van der Waals surface area contributed by atoms with Crippen molar-refractivity contribution in [3.05, 3.63) is 12.2 Å². The second-order valence-electron chi connectivity index (χ2n) is 4.33. The van der Waals surface area contributed by atoms with E-state index in [4.69, 9.17) is 14.2 Å². The van der Waals surface area contributed by atoms with Crippen LogP contribution in [0.1, 0.15) is 40.0 Å². The van der Waals surface area contributed by atoms with Crippen LogP contribution in [-0.2, 0) is 19.0 Å². The van der Waals surface area contributed by atoms with Crippen molar-refractivity contribution in [2.45, 2.75) is 52.0 Å². The lowest BCUT2D eigenvalue weighted by molar-refractivity contribution is -0.137. The van der Waals surface area contributed by atoms with Crippen molar-refractivity contribution in [1.29, 1.82) is 0 Å². The Kier molecular flexibility index (Phi) is 13.3. The lowest BCUT2D eigenvalue weighted by atomic mass is 10.5. The topological polar surface area (TPSA) is 44.8 Å². The molecule has 0 atom stereocenters. The zero-order valence-electron chi connectivity index (χ0n) is 12.5. The molecule has 0 aliphatic rings. The Balaban J connectivity index is 3.64.